The van der Waals surface area contributed by atoms with Crippen LogP contribution in [0.15, 0.2) is 55.0 Å². The number of nitrogens with zero attached hydrogens (tertiary/aromatic N) is 2. The highest BCUT2D eigenvalue weighted by molar-refractivity contribution is 5.92. The Balaban J connectivity index is 1.42. The predicted octanol–water partition coefficient (Wildman–Crippen LogP) is 5.59. The van der Waals surface area contributed by atoms with Crippen LogP contribution in [0, 0.1) is 17.8 Å². The van der Waals surface area contributed by atoms with E-state index in [1.165, 1.54) is 6.33 Å². The molecule has 1 saturated carbocycles. The summed E-state index contributed by atoms with van der Waals surface area (Å²) in [6.45, 7) is 10.7. The number of H-pyrrole nitrogens is 1. The number of amides is 3. The van der Waals surface area contributed by atoms with Crippen LogP contribution in [0.5, 0.6) is 0 Å². The average Bonchev–Trinajstić information content (AvgIpc) is 3.75. The van der Waals surface area contributed by atoms with Gasteiger partial charge in [0.1, 0.15) is 17.7 Å². The van der Waals surface area contributed by atoms with Gasteiger partial charge in [0.15, 0.2) is 0 Å². The molecule has 14 heteroatoms. The summed E-state index contributed by atoms with van der Waals surface area (Å²) >= 11 is 0. The third-order valence-corrected chi connectivity index (χ3v) is 11.7. The molecular formula is C47H67N5O9. The normalized spacial score (nSPS) is 17.5. The van der Waals surface area contributed by atoms with Gasteiger partial charge in [-0.1, -0.05) is 88.4 Å². The smallest absolute Gasteiger partial charge is 0.306 e. The van der Waals surface area contributed by atoms with Crippen LogP contribution in [-0.2, 0) is 51.0 Å². The van der Waals surface area contributed by atoms with Crippen LogP contribution in [0.4, 0.5) is 0 Å². The number of aromatic amines is 1. The lowest BCUT2D eigenvalue weighted by atomic mass is 9.82. The number of ether oxygens (including phenoxy) is 3. The minimum absolute atomic E-state index is 0.0574. The molecule has 5 atom stereocenters. The monoisotopic (exact) mass is 845 g/mol. The lowest BCUT2D eigenvalue weighted by Crippen LogP contribution is -2.56. The molecular weight excluding hydrogens is 779 g/mol. The van der Waals surface area contributed by atoms with Crippen molar-refractivity contribution in [1.29, 1.82) is 0 Å². The van der Waals surface area contributed by atoms with Gasteiger partial charge in [0, 0.05) is 44.2 Å². The number of fused-ring (bicyclic) bond motifs is 1. The summed E-state index contributed by atoms with van der Waals surface area (Å²) in [4.78, 5) is 77.9. The second-order valence-corrected chi connectivity index (χ2v) is 18.1. The molecule has 2 aromatic carbocycles. The van der Waals surface area contributed by atoms with Gasteiger partial charge < -0.3 is 39.8 Å². The summed E-state index contributed by atoms with van der Waals surface area (Å²) < 4.78 is 17.0. The molecule has 2 aliphatic rings. The first-order valence-electron chi connectivity index (χ1n) is 22.1. The van der Waals surface area contributed by atoms with Crippen molar-refractivity contribution >= 4 is 40.4 Å². The van der Waals surface area contributed by atoms with Crippen molar-refractivity contribution in [3.05, 3.63) is 66.2 Å². The number of carbonyl (C=O) groups excluding carboxylic acids is 5. The van der Waals surface area contributed by atoms with Crippen molar-refractivity contribution < 1.29 is 43.3 Å². The standard InChI is InChI=1S/C47H67N5O9/c1-31(2)40(53)28-41(60-43(55)18-19-44(56)61-47(3,4)5)38(24-32-12-7-6-8-13-32)50-46(58)39(27-36-29-48-30-49-36)51-45(57)35(26-42(54)52-20-22-59-23-21-52)25-34-16-11-15-33-14-9-10-17-37(33)34/h9-11,14-17,29-32,35,38-41,53H,6-8,12-13,18-28H2,1-5H3,(H,48,49)(H,50,58)(H,51,57)/t35?,38-,39-,40?,41?/m0/s1. The minimum Gasteiger partial charge on any atom is -0.460 e. The molecule has 3 amide bonds. The molecule has 1 aliphatic heterocycles. The second-order valence-electron chi connectivity index (χ2n) is 18.1. The van der Waals surface area contributed by atoms with Crippen LogP contribution in [0.3, 0.4) is 0 Å². The number of aromatic nitrogens is 2. The van der Waals surface area contributed by atoms with Crippen molar-refractivity contribution in [2.75, 3.05) is 26.3 Å². The Morgan fingerprint density at radius 2 is 1.62 bits per heavy atom. The van der Waals surface area contributed by atoms with E-state index in [-0.39, 0.29) is 56.3 Å². The van der Waals surface area contributed by atoms with E-state index in [0.29, 0.717) is 38.4 Å². The fourth-order valence-corrected chi connectivity index (χ4v) is 8.26. The second kappa shape index (κ2) is 22.9. The van der Waals surface area contributed by atoms with Gasteiger partial charge in [0.25, 0.3) is 0 Å². The SMILES string of the molecule is CC(C)C(O)CC(OC(=O)CCC(=O)OC(C)(C)C)[C@H](CC1CCCCC1)NC(=O)[C@H](Cc1cnc[nH]1)NC(=O)C(CC(=O)N1CCOCC1)Cc1cccc2ccccc12. The number of carbonyl (C=O) groups is 5. The van der Waals surface area contributed by atoms with Gasteiger partial charge in [0.2, 0.25) is 17.7 Å². The summed E-state index contributed by atoms with van der Waals surface area (Å²) in [5, 5.41) is 19.4. The highest BCUT2D eigenvalue weighted by Crippen LogP contribution is 2.30. The molecule has 3 unspecified atom stereocenters. The van der Waals surface area contributed by atoms with E-state index in [1.807, 2.05) is 56.3 Å². The van der Waals surface area contributed by atoms with E-state index in [1.54, 1.807) is 31.9 Å². The number of nitrogens with one attached hydrogen (secondary N) is 3. The lowest BCUT2D eigenvalue weighted by Gasteiger charge is -2.35. The van der Waals surface area contributed by atoms with Crippen LogP contribution >= 0.6 is 0 Å². The number of esters is 2. The van der Waals surface area contributed by atoms with Gasteiger partial charge in [0.05, 0.1) is 50.4 Å². The molecule has 2 fully saturated rings. The van der Waals surface area contributed by atoms with Crippen molar-refractivity contribution in [3.63, 3.8) is 0 Å². The van der Waals surface area contributed by atoms with Crippen LogP contribution in [-0.4, -0.2) is 106 Å². The van der Waals surface area contributed by atoms with Crippen LogP contribution in [0.25, 0.3) is 10.8 Å². The number of aliphatic hydroxyl groups is 1. The maximum absolute atomic E-state index is 14.7. The molecule has 3 aromatic rings. The Kier molecular flexibility index (Phi) is 17.7. The van der Waals surface area contributed by atoms with Crippen molar-refractivity contribution in [1.82, 2.24) is 25.5 Å². The van der Waals surface area contributed by atoms with E-state index in [9.17, 15) is 29.1 Å². The number of hydrogen-bond acceptors (Lipinski definition) is 10. The van der Waals surface area contributed by atoms with Gasteiger partial charge in [-0.15, -0.1) is 0 Å². The first kappa shape index (κ1) is 47.2. The zero-order chi connectivity index (χ0) is 43.9. The fraction of sp³-hybridized carbons (Fsp3) is 0.617. The lowest BCUT2D eigenvalue weighted by molar-refractivity contribution is -0.161. The van der Waals surface area contributed by atoms with Gasteiger partial charge in [-0.25, -0.2) is 4.98 Å². The Morgan fingerprint density at radius 3 is 2.31 bits per heavy atom. The average molecular weight is 846 g/mol. The molecule has 0 bridgehead atoms. The summed E-state index contributed by atoms with van der Waals surface area (Å²) in [6.07, 6.45) is 6.82. The molecule has 334 valence electrons. The maximum atomic E-state index is 14.7. The van der Waals surface area contributed by atoms with E-state index in [4.69, 9.17) is 14.2 Å². The molecule has 2 heterocycles. The van der Waals surface area contributed by atoms with Gasteiger partial charge in [-0.05, 0) is 61.8 Å². The zero-order valence-electron chi connectivity index (χ0n) is 36.7. The third-order valence-electron chi connectivity index (χ3n) is 11.7. The number of benzene rings is 2. The Labute approximate surface area is 360 Å². The minimum atomic E-state index is -1.10. The topological polar surface area (TPSA) is 189 Å². The largest absolute Gasteiger partial charge is 0.460 e. The van der Waals surface area contributed by atoms with Gasteiger partial charge in [-0.3, -0.25) is 24.0 Å². The number of rotatable bonds is 20. The Bertz CT molecular complexity index is 1880. The first-order chi connectivity index (χ1) is 29.1. The van der Waals surface area contributed by atoms with Crippen LogP contribution < -0.4 is 10.6 Å². The molecule has 1 saturated heterocycles. The predicted molar refractivity (Wildman–Crippen MR) is 231 cm³/mol. The quantitative estimate of drug-likeness (QED) is 0.104. The molecule has 0 radical (unpaired) electrons. The summed E-state index contributed by atoms with van der Waals surface area (Å²) in [5.74, 6) is -3.02. The molecule has 14 nitrogen and oxygen atoms in total. The Morgan fingerprint density at radius 1 is 0.918 bits per heavy atom. The summed E-state index contributed by atoms with van der Waals surface area (Å²) in [7, 11) is 0. The molecule has 61 heavy (non-hydrogen) atoms. The summed E-state index contributed by atoms with van der Waals surface area (Å²) in [5.41, 5.74) is 0.811. The van der Waals surface area contributed by atoms with E-state index < -0.39 is 59.6 Å². The number of imidazole rings is 1. The molecule has 1 aromatic heterocycles. The molecule has 1 aliphatic carbocycles. The van der Waals surface area contributed by atoms with Crippen molar-refractivity contribution in [2.24, 2.45) is 17.8 Å². The van der Waals surface area contributed by atoms with Gasteiger partial charge in [-0.2, -0.15) is 0 Å². The molecule has 4 N–H and O–H groups in total. The highest BCUT2D eigenvalue weighted by Gasteiger charge is 2.36. The number of morpholine rings is 1. The number of aliphatic hydroxyl groups excluding tert-OH is 1. The molecule has 5 rings (SSSR count). The van der Waals surface area contributed by atoms with Crippen molar-refractivity contribution in [2.45, 2.75) is 142 Å². The maximum Gasteiger partial charge on any atom is 0.306 e. The van der Waals surface area contributed by atoms with E-state index in [2.05, 4.69) is 20.6 Å². The first-order valence-corrected chi connectivity index (χ1v) is 22.1. The summed E-state index contributed by atoms with van der Waals surface area (Å²) in [6, 6.07) is 12.0. The van der Waals surface area contributed by atoms with Crippen LogP contribution in [0.2, 0.25) is 0 Å². The van der Waals surface area contributed by atoms with Crippen molar-refractivity contribution in [3.8, 4) is 0 Å². The zero-order valence-corrected chi connectivity index (χ0v) is 36.7. The highest BCUT2D eigenvalue weighted by atomic mass is 16.6. The van der Waals surface area contributed by atoms with E-state index in [0.717, 1.165) is 48.4 Å². The third kappa shape index (κ3) is 15.2. The fourth-order valence-electron chi connectivity index (χ4n) is 8.26. The van der Waals surface area contributed by atoms with E-state index >= 15 is 0 Å². The van der Waals surface area contributed by atoms with Crippen LogP contribution in [0.1, 0.15) is 110 Å². The molecule has 0 spiro atoms. The van der Waals surface area contributed by atoms with Gasteiger partial charge >= 0.3 is 11.9 Å². The number of hydrogen-bond donors (Lipinski definition) is 4. The Hall–Kier alpha value is -4.82.